The fraction of sp³-hybridized carbons (Fsp3) is 0.400. The summed E-state index contributed by atoms with van der Waals surface area (Å²) >= 11 is 11.6. The van der Waals surface area contributed by atoms with Crippen molar-refractivity contribution in [2.75, 3.05) is 6.54 Å². The van der Waals surface area contributed by atoms with E-state index in [2.05, 4.69) is 10.6 Å². The van der Waals surface area contributed by atoms with Gasteiger partial charge in [-0.1, -0.05) is 23.2 Å². The number of hydrogen-bond donors (Lipinski definition) is 3. The van der Waals surface area contributed by atoms with Crippen molar-refractivity contribution in [2.24, 2.45) is 0 Å². The number of carbonyl (C=O) groups is 3. The first-order valence-corrected chi connectivity index (χ1v) is 7.83. The summed E-state index contributed by atoms with van der Waals surface area (Å²) in [6, 6.07) is 4.41. The Morgan fingerprint density at radius 1 is 1.17 bits per heavy atom. The molecule has 0 spiro atoms. The Hall–Kier alpha value is -1.79. The van der Waals surface area contributed by atoms with Gasteiger partial charge in [0, 0.05) is 5.56 Å². The molecule has 8 heteroatoms. The van der Waals surface area contributed by atoms with Crippen molar-refractivity contribution in [2.45, 2.75) is 31.2 Å². The normalized spacial score (nSPS) is 15.4. The monoisotopic (exact) mass is 358 g/mol. The van der Waals surface area contributed by atoms with Crippen LogP contribution in [0.4, 0.5) is 0 Å². The van der Waals surface area contributed by atoms with Crippen LogP contribution in [0.3, 0.4) is 0 Å². The Labute approximate surface area is 143 Å². The third kappa shape index (κ3) is 4.59. The summed E-state index contributed by atoms with van der Waals surface area (Å²) in [4.78, 5) is 34.7. The molecule has 0 heterocycles. The lowest BCUT2D eigenvalue weighted by atomic mass is 9.74. The molecule has 124 valence electrons. The zero-order chi connectivity index (χ0) is 17.0. The number of halogens is 2. The average molecular weight is 359 g/mol. The second-order valence-electron chi connectivity index (χ2n) is 5.56. The molecule has 0 saturated heterocycles. The second-order valence-corrected chi connectivity index (χ2v) is 6.38. The van der Waals surface area contributed by atoms with E-state index in [-0.39, 0.29) is 23.6 Å². The molecule has 0 radical (unpaired) electrons. The van der Waals surface area contributed by atoms with Crippen molar-refractivity contribution in [1.82, 2.24) is 10.6 Å². The molecule has 2 amide bonds. The topological polar surface area (TPSA) is 95.5 Å². The maximum atomic E-state index is 12.0. The van der Waals surface area contributed by atoms with Crippen LogP contribution in [0.5, 0.6) is 0 Å². The van der Waals surface area contributed by atoms with Crippen LogP contribution in [0.15, 0.2) is 18.2 Å². The Kier molecular flexibility index (Phi) is 5.49. The highest BCUT2D eigenvalue weighted by Gasteiger charge is 2.40. The van der Waals surface area contributed by atoms with Gasteiger partial charge in [-0.25, -0.2) is 0 Å². The number of carbonyl (C=O) groups excluding carboxylic acids is 2. The summed E-state index contributed by atoms with van der Waals surface area (Å²) in [6.07, 6.45) is 2.03. The van der Waals surface area contributed by atoms with Crippen molar-refractivity contribution in [1.29, 1.82) is 0 Å². The lowest BCUT2D eigenvalue weighted by molar-refractivity contribution is -0.140. The molecule has 1 aliphatic carbocycles. The molecular weight excluding hydrogens is 343 g/mol. The van der Waals surface area contributed by atoms with Gasteiger partial charge in [0.05, 0.1) is 28.5 Å². The molecule has 1 saturated carbocycles. The second kappa shape index (κ2) is 7.19. The molecule has 2 rings (SSSR count). The van der Waals surface area contributed by atoms with E-state index in [1.165, 1.54) is 18.2 Å². The van der Waals surface area contributed by atoms with Gasteiger partial charge in [0.2, 0.25) is 5.91 Å². The van der Waals surface area contributed by atoms with E-state index in [9.17, 15) is 14.4 Å². The van der Waals surface area contributed by atoms with Gasteiger partial charge in [0.25, 0.3) is 5.91 Å². The van der Waals surface area contributed by atoms with Crippen LogP contribution in [0, 0.1) is 0 Å². The summed E-state index contributed by atoms with van der Waals surface area (Å²) in [6.45, 7) is -0.236. The van der Waals surface area contributed by atoms with Crippen LogP contribution in [0.2, 0.25) is 10.0 Å². The number of nitrogens with one attached hydrogen (secondary N) is 2. The van der Waals surface area contributed by atoms with Gasteiger partial charge in [0.1, 0.15) is 0 Å². The SMILES string of the molecule is O=C(O)CC1(NC(=O)CNC(=O)c2ccc(Cl)c(Cl)c2)CCC1. The first-order chi connectivity index (χ1) is 10.8. The van der Waals surface area contributed by atoms with E-state index in [0.717, 1.165) is 6.42 Å². The number of rotatable bonds is 6. The molecule has 1 aromatic rings. The minimum Gasteiger partial charge on any atom is -0.481 e. The van der Waals surface area contributed by atoms with Crippen LogP contribution < -0.4 is 10.6 Å². The minimum absolute atomic E-state index is 0.112. The predicted molar refractivity (Wildman–Crippen MR) is 85.8 cm³/mol. The summed E-state index contributed by atoms with van der Waals surface area (Å²) in [7, 11) is 0. The van der Waals surface area contributed by atoms with Crippen molar-refractivity contribution >= 4 is 41.0 Å². The van der Waals surface area contributed by atoms with Crippen molar-refractivity contribution in [3.05, 3.63) is 33.8 Å². The minimum atomic E-state index is -0.954. The molecule has 1 fully saturated rings. The summed E-state index contributed by atoms with van der Waals surface area (Å²) in [5.74, 6) is -1.83. The van der Waals surface area contributed by atoms with Gasteiger partial charge in [-0.2, -0.15) is 0 Å². The fourth-order valence-corrected chi connectivity index (χ4v) is 2.78. The number of carboxylic acid groups (broad SMARTS) is 1. The molecule has 3 N–H and O–H groups in total. The highest BCUT2D eigenvalue weighted by molar-refractivity contribution is 6.42. The van der Waals surface area contributed by atoms with Gasteiger partial charge < -0.3 is 15.7 Å². The number of amides is 2. The summed E-state index contributed by atoms with van der Waals surface area (Å²) in [5, 5.41) is 14.7. The molecule has 0 aliphatic heterocycles. The van der Waals surface area contributed by atoms with Crippen LogP contribution in [-0.4, -0.2) is 35.0 Å². The van der Waals surface area contributed by atoms with Crippen molar-refractivity contribution < 1.29 is 19.5 Å². The highest BCUT2D eigenvalue weighted by atomic mass is 35.5. The van der Waals surface area contributed by atoms with Crippen LogP contribution >= 0.6 is 23.2 Å². The van der Waals surface area contributed by atoms with Crippen LogP contribution in [0.25, 0.3) is 0 Å². The maximum absolute atomic E-state index is 12.0. The van der Waals surface area contributed by atoms with E-state index in [4.69, 9.17) is 28.3 Å². The quantitative estimate of drug-likeness (QED) is 0.726. The Morgan fingerprint density at radius 2 is 1.87 bits per heavy atom. The average Bonchev–Trinajstić information content (AvgIpc) is 2.44. The lowest BCUT2D eigenvalue weighted by Gasteiger charge is -2.41. The maximum Gasteiger partial charge on any atom is 0.305 e. The molecule has 0 bridgehead atoms. The van der Waals surface area contributed by atoms with E-state index >= 15 is 0 Å². The predicted octanol–water partition coefficient (Wildman–Crippen LogP) is 2.24. The summed E-state index contributed by atoms with van der Waals surface area (Å²) < 4.78 is 0. The zero-order valence-corrected chi connectivity index (χ0v) is 13.7. The Bertz CT molecular complexity index is 644. The number of hydrogen-bond acceptors (Lipinski definition) is 3. The van der Waals surface area contributed by atoms with Gasteiger partial charge in [0.15, 0.2) is 0 Å². The molecule has 0 aromatic heterocycles. The summed E-state index contributed by atoms with van der Waals surface area (Å²) in [5.41, 5.74) is -0.395. The first kappa shape index (κ1) is 17.6. The van der Waals surface area contributed by atoms with Gasteiger partial charge in [-0.3, -0.25) is 14.4 Å². The first-order valence-electron chi connectivity index (χ1n) is 7.07. The number of benzene rings is 1. The largest absolute Gasteiger partial charge is 0.481 e. The molecule has 6 nitrogen and oxygen atoms in total. The Morgan fingerprint density at radius 3 is 2.39 bits per heavy atom. The molecule has 1 aromatic carbocycles. The Balaban J connectivity index is 1.87. The lowest BCUT2D eigenvalue weighted by Crippen LogP contribution is -2.56. The van der Waals surface area contributed by atoms with E-state index in [0.29, 0.717) is 17.9 Å². The molecular formula is C15H16Cl2N2O4. The molecule has 0 unspecified atom stereocenters. The van der Waals surface area contributed by atoms with E-state index in [1.54, 1.807) is 0 Å². The zero-order valence-electron chi connectivity index (χ0n) is 12.2. The number of aliphatic carboxylic acids is 1. The van der Waals surface area contributed by atoms with E-state index in [1.807, 2.05) is 0 Å². The van der Waals surface area contributed by atoms with Crippen LogP contribution in [-0.2, 0) is 9.59 Å². The third-order valence-electron chi connectivity index (χ3n) is 3.80. The van der Waals surface area contributed by atoms with Crippen molar-refractivity contribution in [3.63, 3.8) is 0 Å². The number of carboxylic acids is 1. The molecule has 1 aliphatic rings. The highest BCUT2D eigenvalue weighted by Crippen LogP contribution is 2.34. The van der Waals surface area contributed by atoms with E-state index < -0.39 is 23.3 Å². The smallest absolute Gasteiger partial charge is 0.305 e. The molecule has 0 atom stereocenters. The fourth-order valence-electron chi connectivity index (χ4n) is 2.48. The van der Waals surface area contributed by atoms with Gasteiger partial charge in [-0.05, 0) is 37.5 Å². The van der Waals surface area contributed by atoms with Gasteiger partial charge in [-0.15, -0.1) is 0 Å². The van der Waals surface area contributed by atoms with Crippen LogP contribution in [0.1, 0.15) is 36.0 Å². The molecule has 23 heavy (non-hydrogen) atoms. The third-order valence-corrected chi connectivity index (χ3v) is 4.54. The van der Waals surface area contributed by atoms with Crippen molar-refractivity contribution in [3.8, 4) is 0 Å². The van der Waals surface area contributed by atoms with Gasteiger partial charge >= 0.3 is 5.97 Å². The standard InChI is InChI=1S/C15H16Cl2N2O4/c16-10-3-2-9(6-11(10)17)14(23)18-8-12(20)19-15(4-1-5-15)7-13(21)22/h2-3,6H,1,4-5,7-8H2,(H,18,23)(H,19,20)(H,21,22).